The molecule has 1 heterocycles. The van der Waals surface area contributed by atoms with E-state index in [1.54, 1.807) is 17.0 Å². The minimum Gasteiger partial charge on any atom is -0.494 e. The molecule has 0 fully saturated rings. The predicted octanol–water partition coefficient (Wildman–Crippen LogP) is 7.62. The molecule has 6 nitrogen and oxygen atoms in total. The summed E-state index contributed by atoms with van der Waals surface area (Å²) in [6.45, 7) is 2.54. The highest BCUT2D eigenvalue weighted by Gasteiger charge is 2.30. The molecular formula is C31H24N2O4S. The topological polar surface area (TPSA) is 72.7 Å². The van der Waals surface area contributed by atoms with Crippen LogP contribution in [0.2, 0.25) is 0 Å². The summed E-state index contributed by atoms with van der Waals surface area (Å²) in [5.74, 6) is 0.690. The third-order valence-corrected chi connectivity index (χ3v) is 6.96. The number of benzene rings is 4. The van der Waals surface area contributed by atoms with Crippen LogP contribution in [-0.2, 0) is 4.79 Å². The van der Waals surface area contributed by atoms with E-state index in [9.17, 15) is 14.9 Å². The molecule has 1 amide bonds. The molecular weight excluding hydrogens is 496 g/mol. The summed E-state index contributed by atoms with van der Waals surface area (Å²) in [4.78, 5) is 27.7. The van der Waals surface area contributed by atoms with E-state index in [0.29, 0.717) is 12.2 Å². The lowest BCUT2D eigenvalue weighted by molar-refractivity contribution is -0.384. The monoisotopic (exact) mass is 520 g/mol. The minimum atomic E-state index is -0.410. The van der Waals surface area contributed by atoms with Gasteiger partial charge in [0, 0.05) is 33.2 Å². The fourth-order valence-corrected chi connectivity index (χ4v) is 4.95. The Kier molecular flexibility index (Phi) is 7.38. The van der Waals surface area contributed by atoms with Gasteiger partial charge in [-0.3, -0.25) is 19.8 Å². The number of nitro groups is 1. The van der Waals surface area contributed by atoms with Crippen LogP contribution in [-0.4, -0.2) is 17.4 Å². The molecule has 0 N–H and O–H groups in total. The first kappa shape index (κ1) is 25.0. The Bertz CT molecular complexity index is 1510. The molecule has 0 atom stereocenters. The molecule has 188 valence electrons. The number of ether oxygens (including phenoxy) is 1. The third-order valence-electron chi connectivity index (χ3n) is 5.94. The summed E-state index contributed by atoms with van der Waals surface area (Å²) >= 11 is 1.50. The van der Waals surface area contributed by atoms with E-state index >= 15 is 0 Å². The maximum absolute atomic E-state index is 13.6. The zero-order chi connectivity index (χ0) is 26.5. The fraction of sp³-hybridized carbons (Fsp3) is 0.0645. The van der Waals surface area contributed by atoms with Gasteiger partial charge in [0.2, 0.25) is 0 Å². The number of anilines is 1. The van der Waals surface area contributed by atoms with Crippen molar-refractivity contribution in [3.8, 4) is 5.75 Å². The van der Waals surface area contributed by atoms with Crippen LogP contribution in [0.5, 0.6) is 5.75 Å². The minimum absolute atomic E-state index is 0.0616. The van der Waals surface area contributed by atoms with Crippen LogP contribution in [0.4, 0.5) is 11.4 Å². The molecule has 1 aliphatic rings. The average Bonchev–Trinajstić information content (AvgIpc) is 3.26. The van der Waals surface area contributed by atoms with Gasteiger partial charge in [0.25, 0.3) is 11.6 Å². The Labute approximate surface area is 225 Å². The number of amides is 1. The zero-order valence-electron chi connectivity index (χ0n) is 20.6. The lowest BCUT2D eigenvalue weighted by atomic mass is 10.1. The van der Waals surface area contributed by atoms with Gasteiger partial charge in [0.15, 0.2) is 0 Å². The first-order valence-corrected chi connectivity index (χ1v) is 12.9. The molecule has 4 aromatic carbocycles. The predicted molar refractivity (Wildman–Crippen MR) is 151 cm³/mol. The number of carbonyl (C=O) groups is 1. The molecule has 7 heteroatoms. The van der Waals surface area contributed by atoms with Gasteiger partial charge in [-0.15, -0.1) is 0 Å². The SMILES string of the molecule is CCOc1ccc(/C=C2\C=C(c3ccccc3)N(c3ccc(Sc4ccc([N+](=O)[O-])cc4)cc3)C2=O)cc1. The van der Waals surface area contributed by atoms with Crippen molar-refractivity contribution in [1.29, 1.82) is 0 Å². The van der Waals surface area contributed by atoms with Crippen LogP contribution in [0.3, 0.4) is 0 Å². The number of hydrogen-bond donors (Lipinski definition) is 0. The molecule has 0 unspecified atom stereocenters. The fourth-order valence-electron chi connectivity index (χ4n) is 4.13. The van der Waals surface area contributed by atoms with E-state index in [1.807, 2.05) is 97.9 Å². The van der Waals surface area contributed by atoms with Crippen LogP contribution in [0.25, 0.3) is 11.8 Å². The van der Waals surface area contributed by atoms with Crippen LogP contribution in [0, 0.1) is 10.1 Å². The van der Waals surface area contributed by atoms with Crippen LogP contribution in [0.1, 0.15) is 18.1 Å². The molecule has 0 aliphatic carbocycles. The van der Waals surface area contributed by atoms with Gasteiger partial charge in [-0.25, -0.2) is 0 Å². The zero-order valence-corrected chi connectivity index (χ0v) is 21.4. The number of rotatable bonds is 8. The van der Waals surface area contributed by atoms with Gasteiger partial charge in [-0.2, -0.15) is 0 Å². The average molecular weight is 521 g/mol. The Morgan fingerprint density at radius 1 is 0.868 bits per heavy atom. The first-order chi connectivity index (χ1) is 18.5. The quantitative estimate of drug-likeness (QED) is 0.136. The molecule has 1 aliphatic heterocycles. The van der Waals surface area contributed by atoms with E-state index in [1.165, 1.54) is 23.9 Å². The highest BCUT2D eigenvalue weighted by molar-refractivity contribution is 7.99. The van der Waals surface area contributed by atoms with Gasteiger partial charge < -0.3 is 4.74 Å². The Balaban J connectivity index is 1.42. The van der Waals surface area contributed by atoms with E-state index in [0.717, 1.165) is 38.1 Å². The van der Waals surface area contributed by atoms with Gasteiger partial charge >= 0.3 is 0 Å². The Morgan fingerprint density at radius 2 is 1.50 bits per heavy atom. The summed E-state index contributed by atoms with van der Waals surface area (Å²) < 4.78 is 5.53. The number of hydrogen-bond acceptors (Lipinski definition) is 5. The second-order valence-electron chi connectivity index (χ2n) is 8.48. The molecule has 0 spiro atoms. The van der Waals surface area contributed by atoms with Crippen molar-refractivity contribution in [2.45, 2.75) is 16.7 Å². The number of nitro benzene ring substituents is 1. The van der Waals surface area contributed by atoms with Gasteiger partial charge in [0.1, 0.15) is 5.75 Å². The molecule has 4 aromatic rings. The molecule has 0 radical (unpaired) electrons. The number of nitrogens with zero attached hydrogens (tertiary/aromatic N) is 2. The molecule has 0 aromatic heterocycles. The van der Waals surface area contributed by atoms with Crippen molar-refractivity contribution in [3.05, 3.63) is 136 Å². The Morgan fingerprint density at radius 3 is 2.11 bits per heavy atom. The first-order valence-electron chi connectivity index (χ1n) is 12.1. The standard InChI is InChI=1S/C31H24N2O4S/c1-2-37-27-14-8-22(9-15-27)20-24-21-30(23-6-4-3-5-7-23)32(31(24)34)25-10-16-28(17-11-25)38-29-18-12-26(13-19-29)33(35)36/h3-21H,2H2,1H3/b24-20+. The summed E-state index contributed by atoms with van der Waals surface area (Å²) in [6, 6.07) is 31.7. The lowest BCUT2D eigenvalue weighted by Gasteiger charge is -2.21. The van der Waals surface area contributed by atoms with Crippen LogP contribution >= 0.6 is 11.8 Å². The van der Waals surface area contributed by atoms with Crippen LogP contribution < -0.4 is 9.64 Å². The maximum atomic E-state index is 13.6. The van der Waals surface area contributed by atoms with Gasteiger partial charge in [-0.05, 0) is 78.7 Å². The molecule has 5 rings (SSSR count). The summed E-state index contributed by atoms with van der Waals surface area (Å²) in [6.07, 6.45) is 3.81. The van der Waals surface area contributed by atoms with Gasteiger partial charge in [0.05, 0.1) is 17.2 Å². The van der Waals surface area contributed by atoms with E-state index < -0.39 is 4.92 Å². The number of non-ortho nitro benzene ring substituents is 1. The normalized spacial score (nSPS) is 14.0. The maximum Gasteiger partial charge on any atom is 0.269 e. The van der Waals surface area contributed by atoms with E-state index in [2.05, 4.69) is 0 Å². The van der Waals surface area contributed by atoms with Crippen molar-refractivity contribution in [2.75, 3.05) is 11.5 Å². The summed E-state index contributed by atoms with van der Waals surface area (Å²) in [5, 5.41) is 10.9. The highest BCUT2D eigenvalue weighted by Crippen LogP contribution is 2.37. The summed E-state index contributed by atoms with van der Waals surface area (Å²) in [7, 11) is 0. The van der Waals surface area contributed by atoms with Crippen molar-refractivity contribution < 1.29 is 14.5 Å². The largest absolute Gasteiger partial charge is 0.494 e. The molecule has 38 heavy (non-hydrogen) atoms. The van der Waals surface area contributed by atoms with Crippen molar-refractivity contribution in [2.24, 2.45) is 0 Å². The smallest absolute Gasteiger partial charge is 0.269 e. The molecule has 0 saturated heterocycles. The van der Waals surface area contributed by atoms with Crippen molar-refractivity contribution in [3.63, 3.8) is 0 Å². The van der Waals surface area contributed by atoms with E-state index in [-0.39, 0.29) is 11.6 Å². The van der Waals surface area contributed by atoms with Crippen LogP contribution in [0.15, 0.2) is 125 Å². The summed E-state index contributed by atoms with van der Waals surface area (Å²) in [5.41, 5.74) is 4.08. The lowest BCUT2D eigenvalue weighted by Crippen LogP contribution is -2.24. The number of carbonyl (C=O) groups excluding carboxylic acids is 1. The van der Waals surface area contributed by atoms with E-state index in [4.69, 9.17) is 4.74 Å². The van der Waals surface area contributed by atoms with Crippen molar-refractivity contribution in [1.82, 2.24) is 0 Å². The Hall–Kier alpha value is -4.62. The second-order valence-corrected chi connectivity index (χ2v) is 9.63. The third kappa shape index (κ3) is 5.53. The van der Waals surface area contributed by atoms with Crippen molar-refractivity contribution >= 4 is 40.8 Å². The molecule has 0 saturated carbocycles. The molecule has 0 bridgehead atoms. The second kappa shape index (κ2) is 11.2. The highest BCUT2D eigenvalue weighted by atomic mass is 32.2. The van der Waals surface area contributed by atoms with Gasteiger partial charge in [-0.1, -0.05) is 54.2 Å².